The Labute approximate surface area is 151 Å². The van der Waals surface area contributed by atoms with Crippen molar-refractivity contribution in [3.63, 3.8) is 0 Å². The first-order valence-electron chi connectivity index (χ1n) is 8.45. The van der Waals surface area contributed by atoms with Crippen molar-refractivity contribution in [2.24, 2.45) is 11.8 Å². The molecule has 142 valence electrons. The highest BCUT2D eigenvalue weighted by Crippen LogP contribution is 2.26. The largest absolute Gasteiger partial charge is 0.378 e. The second-order valence-corrected chi connectivity index (χ2v) is 8.62. The summed E-state index contributed by atoms with van der Waals surface area (Å²) in [5.74, 6) is 1.05. The smallest absolute Gasteiger partial charge is 0.237 e. The van der Waals surface area contributed by atoms with Crippen molar-refractivity contribution >= 4 is 28.3 Å². The van der Waals surface area contributed by atoms with E-state index in [9.17, 15) is 13.2 Å². The molecule has 2 aliphatic heterocycles. The third-order valence-electron chi connectivity index (χ3n) is 4.62. The predicted molar refractivity (Wildman–Crippen MR) is 95.8 cm³/mol. The molecule has 2 N–H and O–H groups in total. The van der Waals surface area contributed by atoms with Crippen LogP contribution in [0.1, 0.15) is 26.7 Å². The predicted octanol–water partition coefficient (Wildman–Crippen LogP) is 0.211. The Hall–Kier alpha value is -0.410. The zero-order valence-corrected chi connectivity index (χ0v) is 16.1. The number of carbonyl (C=O) groups excluding carboxylic acids is 1. The lowest BCUT2D eigenvalue weighted by molar-refractivity contribution is -0.129. The summed E-state index contributed by atoms with van der Waals surface area (Å²) in [6, 6.07) is 0. The van der Waals surface area contributed by atoms with E-state index in [1.165, 1.54) is 0 Å². The van der Waals surface area contributed by atoms with E-state index in [-0.39, 0.29) is 43.3 Å². The molecule has 24 heavy (non-hydrogen) atoms. The van der Waals surface area contributed by atoms with Crippen molar-refractivity contribution in [1.29, 1.82) is 0 Å². The Morgan fingerprint density at radius 1 is 1.25 bits per heavy atom. The minimum atomic E-state index is -3.47. The molecular weight excluding hydrogens is 354 g/mol. The van der Waals surface area contributed by atoms with Gasteiger partial charge >= 0.3 is 0 Å². The Morgan fingerprint density at radius 2 is 1.83 bits per heavy atom. The number of hydrogen-bond acceptors (Lipinski definition) is 5. The summed E-state index contributed by atoms with van der Waals surface area (Å²) in [5.41, 5.74) is 0. The quantitative estimate of drug-likeness (QED) is 0.656. The van der Waals surface area contributed by atoms with Crippen LogP contribution in [0.25, 0.3) is 0 Å². The van der Waals surface area contributed by atoms with E-state index in [0.29, 0.717) is 11.8 Å². The first kappa shape index (κ1) is 21.6. The zero-order valence-electron chi connectivity index (χ0n) is 14.5. The van der Waals surface area contributed by atoms with Gasteiger partial charge in [-0.25, -0.2) is 13.1 Å². The highest BCUT2D eigenvalue weighted by atomic mass is 35.5. The van der Waals surface area contributed by atoms with Crippen molar-refractivity contribution in [3.05, 3.63) is 0 Å². The maximum atomic E-state index is 12.3. The van der Waals surface area contributed by atoms with E-state index in [1.54, 1.807) is 4.90 Å². The van der Waals surface area contributed by atoms with Gasteiger partial charge in [0, 0.05) is 13.1 Å². The molecule has 0 radical (unpaired) electrons. The molecule has 0 aromatic heterocycles. The molecule has 0 unspecified atom stereocenters. The fourth-order valence-corrected chi connectivity index (χ4v) is 4.02. The van der Waals surface area contributed by atoms with Crippen LogP contribution < -0.4 is 10.0 Å². The van der Waals surface area contributed by atoms with Gasteiger partial charge in [0.1, 0.15) is 0 Å². The van der Waals surface area contributed by atoms with Gasteiger partial charge in [0.25, 0.3) is 0 Å². The molecular formula is C15H30ClN3O4S. The highest BCUT2D eigenvalue weighted by molar-refractivity contribution is 7.89. The van der Waals surface area contributed by atoms with Crippen molar-refractivity contribution in [1.82, 2.24) is 14.9 Å². The number of hydrogen-bond donors (Lipinski definition) is 2. The third kappa shape index (κ3) is 6.84. The number of halogens is 1. The second-order valence-electron chi connectivity index (χ2n) is 6.70. The standard InChI is InChI=1S/C15H29N3O4S.ClH/c1-12(2)22-7-8-23(20,21)17-11-15(19)18-5-3-13-9-16-10-14(13)4-6-18;/h12-14,16-17H,3-11H2,1-2H3;1H/t13-,14+;. The second kappa shape index (κ2) is 9.91. The molecule has 2 heterocycles. The average molecular weight is 384 g/mol. The van der Waals surface area contributed by atoms with Gasteiger partial charge < -0.3 is 15.0 Å². The number of rotatable bonds is 7. The summed E-state index contributed by atoms with van der Waals surface area (Å²) in [7, 11) is -3.47. The van der Waals surface area contributed by atoms with Crippen LogP contribution in [0.2, 0.25) is 0 Å². The van der Waals surface area contributed by atoms with Crippen LogP contribution in [0.5, 0.6) is 0 Å². The Morgan fingerprint density at radius 3 is 2.38 bits per heavy atom. The number of nitrogens with one attached hydrogen (secondary N) is 2. The van der Waals surface area contributed by atoms with Crippen molar-refractivity contribution in [3.8, 4) is 0 Å². The fourth-order valence-electron chi connectivity index (χ4n) is 3.22. The molecule has 9 heteroatoms. The van der Waals surface area contributed by atoms with Crippen LogP contribution in [0.15, 0.2) is 0 Å². The molecule has 2 atom stereocenters. The van der Waals surface area contributed by atoms with Crippen molar-refractivity contribution in [2.75, 3.05) is 45.1 Å². The van der Waals surface area contributed by atoms with Gasteiger partial charge in [-0.15, -0.1) is 12.4 Å². The molecule has 0 aliphatic carbocycles. The lowest BCUT2D eigenvalue weighted by atomic mass is 9.92. The molecule has 0 aromatic carbocycles. The van der Waals surface area contributed by atoms with Crippen LogP contribution in [0.3, 0.4) is 0 Å². The van der Waals surface area contributed by atoms with Gasteiger partial charge in [-0.2, -0.15) is 0 Å². The molecule has 1 amide bonds. The van der Waals surface area contributed by atoms with Gasteiger partial charge in [-0.3, -0.25) is 4.79 Å². The van der Waals surface area contributed by atoms with Crippen LogP contribution in [0.4, 0.5) is 0 Å². The summed E-state index contributed by atoms with van der Waals surface area (Å²) in [6.45, 7) is 7.21. The summed E-state index contributed by atoms with van der Waals surface area (Å²) < 4.78 is 31.3. The van der Waals surface area contributed by atoms with E-state index in [0.717, 1.165) is 39.0 Å². The summed E-state index contributed by atoms with van der Waals surface area (Å²) in [6.07, 6.45) is 1.99. The number of fused-ring (bicyclic) bond motifs is 1. The summed E-state index contributed by atoms with van der Waals surface area (Å²) >= 11 is 0. The van der Waals surface area contributed by atoms with E-state index >= 15 is 0 Å². The molecule has 2 fully saturated rings. The third-order valence-corrected chi connectivity index (χ3v) is 5.91. The summed E-state index contributed by atoms with van der Waals surface area (Å²) in [4.78, 5) is 14.0. The van der Waals surface area contributed by atoms with Crippen molar-refractivity contribution in [2.45, 2.75) is 32.8 Å². The van der Waals surface area contributed by atoms with Gasteiger partial charge in [0.2, 0.25) is 15.9 Å². The minimum absolute atomic E-state index is 0. The Balaban J connectivity index is 0.00000288. The fraction of sp³-hybridized carbons (Fsp3) is 0.933. The van der Waals surface area contributed by atoms with Crippen LogP contribution in [0, 0.1) is 11.8 Å². The number of likely N-dealkylation sites (tertiary alicyclic amines) is 1. The van der Waals surface area contributed by atoms with E-state index < -0.39 is 10.0 Å². The van der Waals surface area contributed by atoms with Gasteiger partial charge in [0.05, 0.1) is 25.0 Å². The number of sulfonamides is 1. The molecule has 0 spiro atoms. The molecule has 0 saturated carbocycles. The maximum Gasteiger partial charge on any atom is 0.237 e. The van der Waals surface area contributed by atoms with Crippen LogP contribution >= 0.6 is 12.4 Å². The Kier molecular flexibility index (Phi) is 8.94. The molecule has 2 saturated heterocycles. The van der Waals surface area contributed by atoms with E-state index in [2.05, 4.69) is 10.0 Å². The number of nitrogens with zero attached hydrogens (tertiary/aromatic N) is 1. The molecule has 2 aliphatic rings. The number of ether oxygens (including phenoxy) is 1. The van der Waals surface area contributed by atoms with Gasteiger partial charge in [0.15, 0.2) is 0 Å². The molecule has 7 nitrogen and oxygen atoms in total. The number of amides is 1. The topological polar surface area (TPSA) is 87.7 Å². The van der Waals surface area contributed by atoms with Gasteiger partial charge in [-0.05, 0) is 51.6 Å². The molecule has 0 bridgehead atoms. The minimum Gasteiger partial charge on any atom is -0.378 e. The molecule has 2 rings (SSSR count). The first-order valence-corrected chi connectivity index (χ1v) is 10.1. The first-order chi connectivity index (χ1) is 10.9. The maximum absolute atomic E-state index is 12.3. The zero-order chi connectivity index (χ0) is 16.9. The number of carbonyl (C=O) groups is 1. The van der Waals surface area contributed by atoms with Gasteiger partial charge in [-0.1, -0.05) is 0 Å². The average Bonchev–Trinajstić information content (AvgIpc) is 2.83. The lowest BCUT2D eigenvalue weighted by Gasteiger charge is -2.21. The van der Waals surface area contributed by atoms with Crippen LogP contribution in [-0.4, -0.2) is 70.4 Å². The van der Waals surface area contributed by atoms with E-state index in [4.69, 9.17) is 4.74 Å². The van der Waals surface area contributed by atoms with Crippen LogP contribution in [-0.2, 0) is 19.6 Å². The molecule has 0 aromatic rings. The summed E-state index contributed by atoms with van der Waals surface area (Å²) in [5, 5.41) is 3.40. The van der Waals surface area contributed by atoms with E-state index in [1.807, 2.05) is 13.8 Å². The Bertz CT molecular complexity index is 487. The monoisotopic (exact) mass is 383 g/mol. The lowest BCUT2D eigenvalue weighted by Crippen LogP contribution is -2.42. The SMILES string of the molecule is CC(C)OCCS(=O)(=O)NCC(=O)N1CC[C@@H]2CNC[C@@H]2CC1.Cl. The van der Waals surface area contributed by atoms with Crippen molar-refractivity contribution < 1.29 is 17.9 Å². The normalized spacial score (nSPS) is 24.4. The highest BCUT2D eigenvalue weighted by Gasteiger charge is 2.31.